The molecule has 2 heterocycles. The smallest absolute Gasteiger partial charge is 0.223 e. The molecular formula is C28H30N4O. The second-order valence-corrected chi connectivity index (χ2v) is 8.74. The molecule has 4 aromatic rings. The highest BCUT2D eigenvalue weighted by Crippen LogP contribution is 2.35. The van der Waals surface area contributed by atoms with E-state index in [4.69, 9.17) is 9.72 Å². The van der Waals surface area contributed by atoms with Gasteiger partial charge in [0.25, 0.3) is 0 Å². The van der Waals surface area contributed by atoms with Crippen LogP contribution in [0.5, 0.6) is 5.75 Å². The average molecular weight is 439 g/mol. The van der Waals surface area contributed by atoms with Crippen LogP contribution in [0.4, 0.5) is 11.6 Å². The lowest BCUT2D eigenvalue weighted by atomic mass is 9.99. The summed E-state index contributed by atoms with van der Waals surface area (Å²) in [6.45, 7) is 5.03. The summed E-state index contributed by atoms with van der Waals surface area (Å²) in [4.78, 5) is 11.8. The van der Waals surface area contributed by atoms with Gasteiger partial charge in [-0.3, -0.25) is 0 Å². The standard InChI is InChI=1S/C28H30N4O/c1-20-9-10-22-17-23(18-27(25(22)15-20)32-13-4-3-5-14-32)26-11-12-29-28(31-26)30-19-21-7-6-8-24(16-21)33-2/h6-12,15-18H,3-5,13-14,19H2,1-2H3,(H,29,30,31). The maximum absolute atomic E-state index is 5.32. The van der Waals surface area contributed by atoms with Gasteiger partial charge in [0.05, 0.1) is 12.8 Å². The zero-order valence-electron chi connectivity index (χ0n) is 19.3. The van der Waals surface area contributed by atoms with Crippen LogP contribution in [0.25, 0.3) is 22.0 Å². The Bertz CT molecular complexity index is 1260. The monoisotopic (exact) mass is 438 g/mol. The van der Waals surface area contributed by atoms with Gasteiger partial charge in [0.15, 0.2) is 0 Å². The summed E-state index contributed by atoms with van der Waals surface area (Å²) in [5, 5.41) is 5.93. The third kappa shape index (κ3) is 4.77. The predicted molar refractivity (Wildman–Crippen MR) is 136 cm³/mol. The molecule has 0 bridgehead atoms. The van der Waals surface area contributed by atoms with E-state index in [1.54, 1.807) is 7.11 Å². The maximum Gasteiger partial charge on any atom is 0.223 e. The lowest BCUT2D eigenvalue weighted by Gasteiger charge is -2.30. The highest BCUT2D eigenvalue weighted by atomic mass is 16.5. The normalized spacial score (nSPS) is 13.8. The molecule has 1 saturated heterocycles. The molecule has 168 valence electrons. The Morgan fingerprint density at radius 3 is 2.70 bits per heavy atom. The second kappa shape index (κ2) is 9.49. The molecule has 5 nitrogen and oxygen atoms in total. The van der Waals surface area contributed by atoms with Crippen LogP contribution < -0.4 is 15.0 Å². The highest BCUT2D eigenvalue weighted by Gasteiger charge is 2.16. The van der Waals surface area contributed by atoms with Gasteiger partial charge in [0.1, 0.15) is 5.75 Å². The molecule has 1 aliphatic heterocycles. The van der Waals surface area contributed by atoms with Gasteiger partial charge in [-0.05, 0) is 73.5 Å². The summed E-state index contributed by atoms with van der Waals surface area (Å²) >= 11 is 0. The fraction of sp³-hybridized carbons (Fsp3) is 0.286. The van der Waals surface area contributed by atoms with E-state index in [-0.39, 0.29) is 0 Å². The number of anilines is 2. The molecule has 1 fully saturated rings. The van der Waals surface area contributed by atoms with Gasteiger partial charge in [-0.2, -0.15) is 0 Å². The van der Waals surface area contributed by atoms with Gasteiger partial charge >= 0.3 is 0 Å². The number of hydrogen-bond acceptors (Lipinski definition) is 5. The SMILES string of the molecule is COc1cccc(CNc2nccc(-c3cc(N4CCCCC4)c4cc(C)ccc4c3)n2)c1. The van der Waals surface area contributed by atoms with Crippen molar-refractivity contribution < 1.29 is 4.74 Å². The fourth-order valence-corrected chi connectivity index (χ4v) is 4.56. The maximum atomic E-state index is 5.32. The first-order chi connectivity index (χ1) is 16.2. The number of piperidine rings is 1. The minimum atomic E-state index is 0.624. The van der Waals surface area contributed by atoms with Crippen molar-refractivity contribution in [2.24, 2.45) is 0 Å². The first-order valence-corrected chi connectivity index (χ1v) is 11.7. The fourth-order valence-electron chi connectivity index (χ4n) is 4.56. The Morgan fingerprint density at radius 2 is 1.85 bits per heavy atom. The van der Waals surface area contributed by atoms with Crippen molar-refractivity contribution in [3.8, 4) is 17.0 Å². The summed E-state index contributed by atoms with van der Waals surface area (Å²) < 4.78 is 5.32. The second-order valence-electron chi connectivity index (χ2n) is 8.74. The Kier molecular flexibility index (Phi) is 6.11. The molecule has 1 aliphatic rings. The molecule has 33 heavy (non-hydrogen) atoms. The number of aromatic nitrogens is 2. The number of ether oxygens (including phenoxy) is 1. The third-order valence-electron chi connectivity index (χ3n) is 6.32. The molecule has 5 rings (SSSR count). The summed E-state index contributed by atoms with van der Waals surface area (Å²) in [6.07, 6.45) is 5.66. The van der Waals surface area contributed by atoms with Crippen molar-refractivity contribution in [1.29, 1.82) is 0 Å². The van der Waals surface area contributed by atoms with Crippen LogP contribution in [-0.4, -0.2) is 30.2 Å². The van der Waals surface area contributed by atoms with Crippen LogP contribution in [-0.2, 0) is 6.54 Å². The first kappa shape index (κ1) is 21.3. The van der Waals surface area contributed by atoms with Crippen molar-refractivity contribution in [3.05, 3.63) is 78.0 Å². The summed E-state index contributed by atoms with van der Waals surface area (Å²) in [6, 6.07) is 21.3. The topological polar surface area (TPSA) is 50.3 Å². The number of hydrogen-bond donors (Lipinski definition) is 1. The number of aryl methyl sites for hydroxylation is 1. The van der Waals surface area contributed by atoms with Gasteiger partial charge in [0.2, 0.25) is 5.95 Å². The summed E-state index contributed by atoms with van der Waals surface area (Å²) in [5.74, 6) is 1.47. The molecule has 0 aliphatic carbocycles. The predicted octanol–water partition coefficient (Wildman–Crippen LogP) is 6.22. The molecule has 3 aromatic carbocycles. The van der Waals surface area contributed by atoms with E-state index in [1.807, 2.05) is 30.5 Å². The van der Waals surface area contributed by atoms with E-state index in [9.17, 15) is 0 Å². The molecule has 5 heteroatoms. The molecule has 0 saturated carbocycles. The van der Waals surface area contributed by atoms with E-state index in [0.29, 0.717) is 12.5 Å². The largest absolute Gasteiger partial charge is 0.497 e. The summed E-state index contributed by atoms with van der Waals surface area (Å²) in [7, 11) is 1.68. The van der Waals surface area contributed by atoms with Gasteiger partial charge in [-0.25, -0.2) is 9.97 Å². The zero-order valence-corrected chi connectivity index (χ0v) is 19.3. The summed E-state index contributed by atoms with van der Waals surface area (Å²) in [5.41, 5.74) is 5.78. The number of nitrogens with one attached hydrogen (secondary N) is 1. The molecule has 1 N–H and O–H groups in total. The number of rotatable bonds is 6. The number of methoxy groups -OCH3 is 1. The molecule has 0 spiro atoms. The van der Waals surface area contributed by atoms with Crippen LogP contribution >= 0.6 is 0 Å². The van der Waals surface area contributed by atoms with Crippen LogP contribution in [0.2, 0.25) is 0 Å². The van der Waals surface area contributed by atoms with E-state index < -0.39 is 0 Å². The number of fused-ring (bicyclic) bond motifs is 1. The van der Waals surface area contributed by atoms with Gasteiger partial charge in [0, 0.05) is 42.5 Å². The van der Waals surface area contributed by atoms with Crippen molar-refractivity contribution >= 4 is 22.4 Å². The zero-order chi connectivity index (χ0) is 22.6. The Labute approximate surface area is 195 Å². The lowest BCUT2D eigenvalue weighted by molar-refractivity contribution is 0.414. The van der Waals surface area contributed by atoms with E-state index >= 15 is 0 Å². The van der Waals surface area contributed by atoms with Gasteiger partial charge < -0.3 is 15.0 Å². The van der Waals surface area contributed by atoms with Crippen molar-refractivity contribution in [1.82, 2.24) is 9.97 Å². The number of benzene rings is 3. The molecule has 0 unspecified atom stereocenters. The Balaban J connectivity index is 1.46. The van der Waals surface area contributed by atoms with Gasteiger partial charge in [-0.1, -0.05) is 29.8 Å². The molecular weight excluding hydrogens is 408 g/mol. The van der Waals surface area contributed by atoms with Crippen LogP contribution in [0.3, 0.4) is 0 Å². The van der Waals surface area contributed by atoms with Crippen molar-refractivity contribution in [3.63, 3.8) is 0 Å². The van der Waals surface area contributed by atoms with E-state index in [2.05, 4.69) is 58.5 Å². The van der Waals surface area contributed by atoms with Crippen molar-refractivity contribution in [2.75, 3.05) is 30.4 Å². The Morgan fingerprint density at radius 1 is 0.970 bits per heavy atom. The quantitative estimate of drug-likeness (QED) is 0.387. The van der Waals surface area contributed by atoms with Crippen molar-refractivity contribution in [2.45, 2.75) is 32.7 Å². The van der Waals surface area contributed by atoms with Crippen LogP contribution in [0.15, 0.2) is 66.9 Å². The molecule has 0 radical (unpaired) electrons. The van der Waals surface area contributed by atoms with E-state index in [1.165, 1.54) is 41.3 Å². The van der Waals surface area contributed by atoms with Crippen LogP contribution in [0.1, 0.15) is 30.4 Å². The number of nitrogens with zero attached hydrogens (tertiary/aromatic N) is 3. The highest BCUT2D eigenvalue weighted by molar-refractivity contribution is 5.98. The minimum absolute atomic E-state index is 0.624. The Hall–Kier alpha value is -3.60. The third-order valence-corrected chi connectivity index (χ3v) is 6.32. The minimum Gasteiger partial charge on any atom is -0.497 e. The van der Waals surface area contributed by atoms with Crippen LogP contribution in [0, 0.1) is 6.92 Å². The molecule has 0 amide bonds. The average Bonchev–Trinajstić information content (AvgIpc) is 2.87. The lowest BCUT2D eigenvalue weighted by Crippen LogP contribution is -2.29. The molecule has 1 aromatic heterocycles. The first-order valence-electron chi connectivity index (χ1n) is 11.7. The molecule has 0 atom stereocenters. The van der Waals surface area contributed by atoms with Gasteiger partial charge in [-0.15, -0.1) is 0 Å². The van der Waals surface area contributed by atoms with E-state index in [0.717, 1.165) is 35.7 Å².